The molecular weight excluding hydrogens is 218 g/mol. The van der Waals surface area contributed by atoms with Gasteiger partial charge in [0.25, 0.3) is 0 Å². The molecule has 1 aliphatic rings. The maximum Gasteiger partial charge on any atom is 0.0406 e. The smallest absolute Gasteiger partial charge is 0.0406 e. The third kappa shape index (κ3) is 4.63. The largest absolute Gasteiger partial charge is 0.310 e. The highest BCUT2D eigenvalue weighted by Crippen LogP contribution is 2.33. The van der Waals surface area contributed by atoms with E-state index in [1.807, 2.05) is 0 Å². The van der Waals surface area contributed by atoms with Crippen LogP contribution in [0.4, 0.5) is 0 Å². The predicted octanol–water partition coefficient (Wildman–Crippen LogP) is 4.20. The second kappa shape index (κ2) is 6.86. The van der Waals surface area contributed by atoms with Gasteiger partial charge in [-0.15, -0.1) is 11.6 Å². The molecule has 0 aromatic rings. The fourth-order valence-corrected chi connectivity index (χ4v) is 3.19. The van der Waals surface area contributed by atoms with Crippen LogP contribution in [0.3, 0.4) is 0 Å². The van der Waals surface area contributed by atoms with Crippen LogP contribution < -0.4 is 5.32 Å². The summed E-state index contributed by atoms with van der Waals surface area (Å²) in [5.74, 6) is 2.43. The molecular formula is C14H28ClN. The predicted molar refractivity (Wildman–Crippen MR) is 73.2 cm³/mol. The van der Waals surface area contributed by atoms with Gasteiger partial charge in [-0.05, 0) is 44.1 Å². The third-order valence-electron chi connectivity index (χ3n) is 3.81. The van der Waals surface area contributed by atoms with Crippen molar-refractivity contribution >= 4 is 11.6 Å². The highest BCUT2D eigenvalue weighted by atomic mass is 35.5. The summed E-state index contributed by atoms with van der Waals surface area (Å²) in [5, 5.41) is 3.74. The lowest BCUT2D eigenvalue weighted by Crippen LogP contribution is -2.50. The lowest BCUT2D eigenvalue weighted by atomic mass is 9.77. The summed E-state index contributed by atoms with van der Waals surface area (Å²) in [4.78, 5) is 0. The molecule has 0 radical (unpaired) electrons. The maximum atomic E-state index is 6.18. The van der Waals surface area contributed by atoms with Crippen molar-refractivity contribution in [2.75, 3.05) is 12.4 Å². The second-order valence-corrected chi connectivity index (χ2v) is 6.35. The molecule has 0 aromatic carbocycles. The van der Waals surface area contributed by atoms with Gasteiger partial charge in [-0.25, -0.2) is 0 Å². The molecule has 2 unspecified atom stereocenters. The standard InChI is InChI=1S/C14H28ClN/c1-12(2)6-5-9-16-14(11-15)8-4-7-13(3)10-14/h12-13,16H,4-11H2,1-3H3. The molecule has 16 heavy (non-hydrogen) atoms. The van der Waals surface area contributed by atoms with E-state index in [-0.39, 0.29) is 5.54 Å². The first-order valence-electron chi connectivity index (χ1n) is 6.89. The first-order valence-corrected chi connectivity index (χ1v) is 7.42. The Hall–Kier alpha value is 0.250. The number of rotatable bonds is 6. The first kappa shape index (κ1) is 14.3. The number of halogens is 1. The van der Waals surface area contributed by atoms with Crippen LogP contribution in [-0.4, -0.2) is 18.0 Å². The molecule has 2 atom stereocenters. The first-order chi connectivity index (χ1) is 7.58. The molecule has 1 saturated carbocycles. The van der Waals surface area contributed by atoms with Gasteiger partial charge in [0.1, 0.15) is 0 Å². The Bertz CT molecular complexity index is 193. The van der Waals surface area contributed by atoms with E-state index in [1.54, 1.807) is 0 Å². The van der Waals surface area contributed by atoms with E-state index in [0.29, 0.717) is 0 Å². The zero-order valence-corrected chi connectivity index (χ0v) is 11.9. The summed E-state index contributed by atoms with van der Waals surface area (Å²) in [6.45, 7) is 8.08. The lowest BCUT2D eigenvalue weighted by Gasteiger charge is -2.39. The van der Waals surface area contributed by atoms with Gasteiger partial charge in [-0.1, -0.05) is 33.6 Å². The molecule has 96 valence electrons. The van der Waals surface area contributed by atoms with Crippen LogP contribution in [-0.2, 0) is 0 Å². The van der Waals surface area contributed by atoms with Crippen LogP contribution in [0.1, 0.15) is 59.3 Å². The van der Waals surface area contributed by atoms with E-state index >= 15 is 0 Å². The Morgan fingerprint density at radius 1 is 1.44 bits per heavy atom. The van der Waals surface area contributed by atoms with Gasteiger partial charge in [0.2, 0.25) is 0 Å². The molecule has 0 saturated heterocycles. The van der Waals surface area contributed by atoms with Crippen molar-refractivity contribution in [2.24, 2.45) is 11.8 Å². The van der Waals surface area contributed by atoms with Gasteiger partial charge >= 0.3 is 0 Å². The van der Waals surface area contributed by atoms with E-state index in [2.05, 4.69) is 26.1 Å². The molecule has 1 fully saturated rings. The van der Waals surface area contributed by atoms with E-state index < -0.39 is 0 Å². The van der Waals surface area contributed by atoms with Gasteiger partial charge in [-0.2, -0.15) is 0 Å². The van der Waals surface area contributed by atoms with E-state index in [4.69, 9.17) is 11.6 Å². The number of hydrogen-bond donors (Lipinski definition) is 1. The van der Waals surface area contributed by atoms with Gasteiger partial charge in [0.05, 0.1) is 0 Å². The minimum Gasteiger partial charge on any atom is -0.310 e. The molecule has 0 aliphatic heterocycles. The summed E-state index contributed by atoms with van der Waals surface area (Å²) < 4.78 is 0. The van der Waals surface area contributed by atoms with Crippen LogP contribution >= 0.6 is 11.6 Å². The molecule has 0 amide bonds. The number of nitrogens with one attached hydrogen (secondary N) is 1. The Labute approximate surface area is 106 Å². The molecule has 0 spiro atoms. The molecule has 1 nitrogen and oxygen atoms in total. The van der Waals surface area contributed by atoms with Crippen molar-refractivity contribution in [1.82, 2.24) is 5.32 Å². The van der Waals surface area contributed by atoms with Crippen molar-refractivity contribution in [3.8, 4) is 0 Å². The molecule has 1 N–H and O–H groups in total. The second-order valence-electron chi connectivity index (χ2n) is 6.08. The fourth-order valence-electron chi connectivity index (χ4n) is 2.85. The third-order valence-corrected chi connectivity index (χ3v) is 4.32. The minimum absolute atomic E-state index is 0.246. The SMILES string of the molecule is CC(C)CCCNC1(CCl)CCCC(C)C1. The topological polar surface area (TPSA) is 12.0 Å². The molecule has 1 rings (SSSR count). The minimum atomic E-state index is 0.246. The number of alkyl halides is 1. The molecule has 2 heteroatoms. The van der Waals surface area contributed by atoms with E-state index in [0.717, 1.165) is 24.3 Å². The Morgan fingerprint density at radius 3 is 2.75 bits per heavy atom. The maximum absolute atomic E-state index is 6.18. The van der Waals surface area contributed by atoms with Crippen LogP contribution in [0.15, 0.2) is 0 Å². The van der Waals surface area contributed by atoms with Crippen LogP contribution in [0, 0.1) is 11.8 Å². The quantitative estimate of drug-likeness (QED) is 0.546. The van der Waals surface area contributed by atoms with Crippen molar-refractivity contribution < 1.29 is 0 Å². The lowest BCUT2D eigenvalue weighted by molar-refractivity contribution is 0.208. The highest BCUT2D eigenvalue weighted by molar-refractivity contribution is 6.18. The van der Waals surface area contributed by atoms with Crippen LogP contribution in [0.2, 0.25) is 0 Å². The Balaban J connectivity index is 2.29. The zero-order chi connectivity index (χ0) is 12.0. The van der Waals surface area contributed by atoms with Gasteiger partial charge in [0, 0.05) is 11.4 Å². The Kier molecular flexibility index (Phi) is 6.13. The van der Waals surface area contributed by atoms with E-state index in [1.165, 1.54) is 38.5 Å². The Morgan fingerprint density at radius 2 is 2.19 bits per heavy atom. The molecule has 0 bridgehead atoms. The fraction of sp³-hybridized carbons (Fsp3) is 1.00. The van der Waals surface area contributed by atoms with Crippen LogP contribution in [0.25, 0.3) is 0 Å². The summed E-state index contributed by atoms with van der Waals surface area (Å²) in [6.07, 6.45) is 7.85. The average molecular weight is 246 g/mol. The normalized spacial score (nSPS) is 30.9. The molecule has 1 aliphatic carbocycles. The summed E-state index contributed by atoms with van der Waals surface area (Å²) >= 11 is 6.18. The van der Waals surface area contributed by atoms with Crippen molar-refractivity contribution in [1.29, 1.82) is 0 Å². The van der Waals surface area contributed by atoms with Gasteiger partial charge < -0.3 is 5.32 Å². The highest BCUT2D eigenvalue weighted by Gasteiger charge is 2.33. The molecule has 0 aromatic heterocycles. The van der Waals surface area contributed by atoms with Gasteiger partial charge in [0.15, 0.2) is 0 Å². The summed E-state index contributed by atoms with van der Waals surface area (Å²) in [7, 11) is 0. The van der Waals surface area contributed by atoms with Crippen LogP contribution in [0.5, 0.6) is 0 Å². The number of hydrogen-bond acceptors (Lipinski definition) is 1. The summed E-state index contributed by atoms with van der Waals surface area (Å²) in [5.41, 5.74) is 0.246. The van der Waals surface area contributed by atoms with Crippen molar-refractivity contribution in [2.45, 2.75) is 64.8 Å². The van der Waals surface area contributed by atoms with Crippen molar-refractivity contribution in [3.05, 3.63) is 0 Å². The van der Waals surface area contributed by atoms with E-state index in [9.17, 15) is 0 Å². The summed E-state index contributed by atoms with van der Waals surface area (Å²) in [6, 6.07) is 0. The van der Waals surface area contributed by atoms with Gasteiger partial charge in [-0.3, -0.25) is 0 Å². The zero-order valence-electron chi connectivity index (χ0n) is 11.2. The molecule has 0 heterocycles. The van der Waals surface area contributed by atoms with Crippen molar-refractivity contribution in [3.63, 3.8) is 0 Å². The monoisotopic (exact) mass is 245 g/mol. The average Bonchev–Trinajstić information content (AvgIpc) is 2.24.